The molecule has 3 aliphatic rings. The van der Waals surface area contributed by atoms with Crippen LogP contribution in [0, 0.1) is 11.8 Å². The first kappa shape index (κ1) is 20.3. The van der Waals surface area contributed by atoms with Crippen LogP contribution in [-0.4, -0.2) is 18.3 Å². The monoisotopic (exact) mass is 408 g/mol. The number of allylic oxidation sites excluding steroid dienone is 8. The van der Waals surface area contributed by atoms with Crippen molar-refractivity contribution in [1.82, 2.24) is 0 Å². The van der Waals surface area contributed by atoms with E-state index in [2.05, 4.69) is 119 Å². The molecule has 1 heterocycles. The third kappa shape index (κ3) is 3.77. The molecule has 5 rings (SSSR count). The highest BCUT2D eigenvalue weighted by Gasteiger charge is 2.51. The summed E-state index contributed by atoms with van der Waals surface area (Å²) >= 11 is 0. The lowest BCUT2D eigenvalue weighted by Gasteiger charge is -2.32. The molecular formula is C28H29BO2. The molecule has 3 heteroatoms. The smallest absolute Gasteiger partial charge is 0.399 e. The van der Waals surface area contributed by atoms with Crippen molar-refractivity contribution in [3.8, 4) is 0 Å². The second-order valence-corrected chi connectivity index (χ2v) is 9.70. The highest BCUT2D eigenvalue weighted by atomic mass is 16.7. The quantitative estimate of drug-likeness (QED) is 0.596. The average Bonchev–Trinajstić information content (AvgIpc) is 3.00. The molecule has 0 aromatic heterocycles. The van der Waals surface area contributed by atoms with Crippen LogP contribution in [0.5, 0.6) is 0 Å². The Morgan fingerprint density at radius 2 is 1.23 bits per heavy atom. The highest BCUT2D eigenvalue weighted by molar-refractivity contribution is 6.62. The average molecular weight is 408 g/mol. The highest BCUT2D eigenvalue weighted by Crippen LogP contribution is 2.38. The van der Waals surface area contributed by atoms with Gasteiger partial charge in [-0.1, -0.05) is 91.1 Å². The normalized spacial score (nSPS) is 25.7. The van der Waals surface area contributed by atoms with E-state index < -0.39 is 0 Å². The van der Waals surface area contributed by atoms with Gasteiger partial charge in [-0.25, -0.2) is 0 Å². The summed E-state index contributed by atoms with van der Waals surface area (Å²) in [5, 5.41) is 0. The van der Waals surface area contributed by atoms with Crippen molar-refractivity contribution in [2.45, 2.75) is 38.9 Å². The van der Waals surface area contributed by atoms with Gasteiger partial charge in [0.25, 0.3) is 0 Å². The molecule has 2 aliphatic carbocycles. The molecule has 0 bridgehead atoms. The third-order valence-electron chi connectivity index (χ3n) is 7.04. The van der Waals surface area contributed by atoms with Crippen LogP contribution in [-0.2, 0) is 9.31 Å². The minimum Gasteiger partial charge on any atom is -0.399 e. The van der Waals surface area contributed by atoms with Crippen molar-refractivity contribution in [1.29, 1.82) is 0 Å². The molecule has 1 saturated heterocycles. The first-order chi connectivity index (χ1) is 14.8. The lowest BCUT2D eigenvalue weighted by Crippen LogP contribution is -2.41. The van der Waals surface area contributed by atoms with Crippen LogP contribution in [0.2, 0.25) is 0 Å². The van der Waals surface area contributed by atoms with Crippen LogP contribution < -0.4 is 5.46 Å². The number of benzene rings is 2. The Balaban J connectivity index is 1.37. The molecular weight excluding hydrogens is 379 g/mol. The Morgan fingerprint density at radius 1 is 0.677 bits per heavy atom. The Hall–Kier alpha value is -2.62. The summed E-state index contributed by atoms with van der Waals surface area (Å²) < 4.78 is 12.5. The molecule has 2 aromatic rings. The van der Waals surface area contributed by atoms with E-state index in [-0.39, 0.29) is 18.3 Å². The molecule has 2 unspecified atom stereocenters. The summed E-state index contributed by atoms with van der Waals surface area (Å²) in [5.41, 5.74) is 5.43. The summed E-state index contributed by atoms with van der Waals surface area (Å²) in [5.74, 6) is 0.781. The van der Waals surface area contributed by atoms with Crippen LogP contribution >= 0.6 is 0 Å². The number of rotatable bonds is 3. The van der Waals surface area contributed by atoms with Gasteiger partial charge in [0.1, 0.15) is 0 Å². The van der Waals surface area contributed by atoms with Crippen LogP contribution in [0.15, 0.2) is 91.1 Å². The van der Waals surface area contributed by atoms with Gasteiger partial charge in [-0.2, -0.15) is 0 Å². The zero-order chi connectivity index (χ0) is 21.6. The fraction of sp³-hybridized carbons (Fsp3) is 0.286. The maximum Gasteiger partial charge on any atom is 0.494 e. The molecule has 2 aromatic carbocycles. The molecule has 1 aliphatic heterocycles. The van der Waals surface area contributed by atoms with E-state index in [4.69, 9.17) is 9.31 Å². The van der Waals surface area contributed by atoms with Gasteiger partial charge in [0.05, 0.1) is 11.2 Å². The second-order valence-electron chi connectivity index (χ2n) is 9.70. The van der Waals surface area contributed by atoms with Crippen LogP contribution in [0.3, 0.4) is 0 Å². The fourth-order valence-electron chi connectivity index (χ4n) is 4.40. The first-order valence-electron chi connectivity index (χ1n) is 11.1. The van der Waals surface area contributed by atoms with Gasteiger partial charge < -0.3 is 9.31 Å². The summed E-state index contributed by atoms with van der Waals surface area (Å²) in [7, 11) is -0.336. The molecule has 0 N–H and O–H groups in total. The lowest BCUT2D eigenvalue weighted by molar-refractivity contribution is 0.00578. The third-order valence-corrected chi connectivity index (χ3v) is 7.04. The maximum atomic E-state index is 6.25. The fourth-order valence-corrected chi connectivity index (χ4v) is 4.40. The summed E-state index contributed by atoms with van der Waals surface area (Å²) in [6, 6.07) is 19.2. The first-order valence-corrected chi connectivity index (χ1v) is 11.1. The maximum absolute atomic E-state index is 6.25. The van der Waals surface area contributed by atoms with Gasteiger partial charge in [0, 0.05) is 11.8 Å². The Morgan fingerprint density at radius 3 is 1.84 bits per heavy atom. The molecule has 156 valence electrons. The van der Waals surface area contributed by atoms with E-state index in [1.54, 1.807) is 0 Å². The van der Waals surface area contributed by atoms with Crippen molar-refractivity contribution in [2.24, 2.45) is 11.8 Å². The van der Waals surface area contributed by atoms with Gasteiger partial charge in [-0.15, -0.1) is 0 Å². The molecule has 1 fully saturated rings. The van der Waals surface area contributed by atoms with Crippen LogP contribution in [0.1, 0.15) is 38.8 Å². The lowest BCUT2D eigenvalue weighted by atomic mass is 9.76. The van der Waals surface area contributed by atoms with Gasteiger partial charge in [0.2, 0.25) is 0 Å². The van der Waals surface area contributed by atoms with Gasteiger partial charge in [-0.05, 0) is 55.4 Å². The summed E-state index contributed by atoms with van der Waals surface area (Å²) in [6.07, 6.45) is 13.9. The summed E-state index contributed by atoms with van der Waals surface area (Å²) in [4.78, 5) is 0. The van der Waals surface area contributed by atoms with Crippen molar-refractivity contribution < 1.29 is 9.31 Å². The van der Waals surface area contributed by atoms with E-state index in [0.717, 1.165) is 5.46 Å². The van der Waals surface area contributed by atoms with Crippen molar-refractivity contribution in [3.05, 3.63) is 102 Å². The minimum atomic E-state index is -0.336. The molecule has 0 radical (unpaired) electrons. The number of hydrogen-bond acceptors (Lipinski definition) is 2. The molecule has 2 atom stereocenters. The largest absolute Gasteiger partial charge is 0.494 e. The van der Waals surface area contributed by atoms with Gasteiger partial charge >= 0.3 is 7.12 Å². The SMILES string of the molecule is CC1(C)OB(c2cccc(C3=CC4C=CC(c5ccccc5)=CC4C=C3)c2)OC1(C)C. The van der Waals surface area contributed by atoms with Crippen molar-refractivity contribution in [3.63, 3.8) is 0 Å². The van der Waals surface area contributed by atoms with E-state index in [1.165, 1.54) is 22.3 Å². The van der Waals surface area contributed by atoms with Crippen molar-refractivity contribution in [2.75, 3.05) is 0 Å². The Bertz CT molecular complexity index is 1090. The Labute approximate surface area is 186 Å². The zero-order valence-electron chi connectivity index (χ0n) is 18.7. The zero-order valence-corrected chi connectivity index (χ0v) is 18.7. The van der Waals surface area contributed by atoms with Crippen LogP contribution in [0.25, 0.3) is 11.1 Å². The minimum absolute atomic E-state index is 0.333. The summed E-state index contributed by atoms with van der Waals surface area (Å²) in [6.45, 7) is 8.37. The molecule has 0 amide bonds. The molecule has 0 spiro atoms. The van der Waals surface area contributed by atoms with E-state index in [1.807, 2.05) is 0 Å². The van der Waals surface area contributed by atoms with E-state index in [0.29, 0.717) is 11.8 Å². The number of fused-ring (bicyclic) bond motifs is 1. The number of hydrogen-bond donors (Lipinski definition) is 0. The van der Waals surface area contributed by atoms with Crippen molar-refractivity contribution >= 4 is 23.7 Å². The topological polar surface area (TPSA) is 18.5 Å². The van der Waals surface area contributed by atoms with E-state index >= 15 is 0 Å². The van der Waals surface area contributed by atoms with E-state index in [9.17, 15) is 0 Å². The molecule has 31 heavy (non-hydrogen) atoms. The van der Waals surface area contributed by atoms with Crippen LogP contribution in [0.4, 0.5) is 0 Å². The predicted octanol–water partition coefficient (Wildman–Crippen LogP) is 5.82. The second kappa shape index (κ2) is 7.51. The molecule has 2 nitrogen and oxygen atoms in total. The standard InChI is InChI=1S/C28H29BO2/c1-27(2)28(3,4)31-29(30-27)26-12-8-11-21(19-26)23-15-16-24-17-22(13-14-25(24)18-23)20-9-6-5-7-10-20/h5-19,24-25H,1-4H3. The molecule has 0 saturated carbocycles. The predicted molar refractivity (Wildman–Crippen MR) is 130 cm³/mol. The Kier molecular flexibility index (Phi) is 4.92. The van der Waals surface area contributed by atoms with Gasteiger partial charge in [-0.3, -0.25) is 0 Å². The van der Waals surface area contributed by atoms with Gasteiger partial charge in [0.15, 0.2) is 0 Å².